The highest BCUT2D eigenvalue weighted by Gasteiger charge is 2.37. The van der Waals surface area contributed by atoms with E-state index in [0.29, 0.717) is 12.3 Å². The van der Waals surface area contributed by atoms with E-state index in [1.54, 1.807) is 32.9 Å². The van der Waals surface area contributed by atoms with Crippen LogP contribution in [0.3, 0.4) is 0 Å². The summed E-state index contributed by atoms with van der Waals surface area (Å²) in [4.78, 5) is 74.9. The van der Waals surface area contributed by atoms with Crippen molar-refractivity contribution in [1.82, 2.24) is 20.9 Å². The second-order valence-corrected chi connectivity index (χ2v) is 18.2. The van der Waals surface area contributed by atoms with E-state index in [-0.39, 0.29) is 36.9 Å². The van der Waals surface area contributed by atoms with Gasteiger partial charge in [-0.3, -0.25) is 33.7 Å². The number of carbonyl (C=O) groups is 6. The smallest absolute Gasteiger partial charge is 0.253 e. The molecule has 2 rings (SSSR count). The summed E-state index contributed by atoms with van der Waals surface area (Å²) in [5.41, 5.74) is 7.47. The minimum absolute atomic E-state index is 0.00453. The van der Waals surface area contributed by atoms with Crippen molar-refractivity contribution in [2.24, 2.45) is 11.7 Å². The van der Waals surface area contributed by atoms with Crippen molar-refractivity contribution in [3.05, 3.63) is 42.0 Å². The first-order valence-corrected chi connectivity index (χ1v) is 18.4. The summed E-state index contributed by atoms with van der Waals surface area (Å²) in [5.74, 6) is -3.15. The number of nitrogens with one attached hydrogen (secondary N) is 4. The summed E-state index contributed by atoms with van der Waals surface area (Å²) in [5, 5.41) is 10.8. The average molecular weight is 659 g/mol. The Morgan fingerprint density at radius 1 is 0.913 bits per heavy atom. The van der Waals surface area contributed by atoms with Gasteiger partial charge in [0.1, 0.15) is 12.1 Å². The van der Waals surface area contributed by atoms with Crippen molar-refractivity contribution in [2.75, 3.05) is 18.4 Å². The number of nitrogens with zero attached hydrogens (tertiary/aromatic N) is 1. The zero-order valence-electron chi connectivity index (χ0n) is 28.2. The van der Waals surface area contributed by atoms with Crippen LogP contribution in [0, 0.1) is 5.92 Å². The quantitative estimate of drug-likeness (QED) is 0.132. The van der Waals surface area contributed by atoms with Gasteiger partial charge in [0.25, 0.3) is 11.8 Å². The second kappa shape index (κ2) is 16.6. The maximum absolute atomic E-state index is 13.0. The fourth-order valence-electron chi connectivity index (χ4n) is 4.06. The Hall–Kier alpha value is -3.88. The normalized spacial score (nSPS) is 15.4. The molecule has 1 aromatic rings. The summed E-state index contributed by atoms with van der Waals surface area (Å²) in [6.07, 6.45) is 2.20. The SMILES string of the molecule is CC(C)[C@H](NC(=O)CC[C@H](N)C(=O)NCCN1C(=O)C=CC1=O)C(=O)N[C@@H](C)C(=O)Nc1ccc(CO[Si](C)(C)C(C)(C)C)cc1. The minimum Gasteiger partial charge on any atom is -0.413 e. The fraction of sp³-hybridized carbons (Fsp3) is 0.562. The lowest BCUT2D eigenvalue weighted by Gasteiger charge is -2.36. The van der Waals surface area contributed by atoms with E-state index < -0.39 is 61.9 Å². The molecule has 6 N–H and O–H groups in total. The molecule has 13 nitrogen and oxygen atoms in total. The maximum Gasteiger partial charge on any atom is 0.253 e. The van der Waals surface area contributed by atoms with Crippen molar-refractivity contribution in [3.63, 3.8) is 0 Å². The molecular formula is C32H50N6O7Si. The van der Waals surface area contributed by atoms with Gasteiger partial charge in [-0.2, -0.15) is 0 Å². The van der Waals surface area contributed by atoms with Gasteiger partial charge < -0.3 is 31.4 Å². The number of benzene rings is 1. The number of hydrogen-bond acceptors (Lipinski definition) is 8. The van der Waals surface area contributed by atoms with Crippen molar-refractivity contribution < 1.29 is 33.2 Å². The summed E-state index contributed by atoms with van der Waals surface area (Å²) in [7, 11) is -1.89. The van der Waals surface area contributed by atoms with Crippen LogP contribution < -0.4 is 27.0 Å². The molecular weight excluding hydrogens is 608 g/mol. The summed E-state index contributed by atoms with van der Waals surface area (Å²) < 4.78 is 6.25. The summed E-state index contributed by atoms with van der Waals surface area (Å²) in [6.45, 7) is 16.5. The van der Waals surface area contributed by atoms with E-state index in [0.717, 1.165) is 22.6 Å². The van der Waals surface area contributed by atoms with E-state index in [1.165, 1.54) is 0 Å². The standard InChI is InChI=1S/C32H50N6O7Si/c1-20(2)28(37-25(39)14-13-24(33)30(43)34-17-18-38-26(40)15-16-27(38)41)31(44)35-21(3)29(42)36-23-11-9-22(10-12-23)19-45-46(7,8)32(4,5)6/h9-12,15-16,20-21,24,28H,13-14,17-19,33H2,1-8H3,(H,34,43)(H,35,44)(H,36,42)(H,37,39)/t21-,24-,28-/m0/s1. The molecule has 0 aliphatic carbocycles. The summed E-state index contributed by atoms with van der Waals surface area (Å²) in [6, 6.07) is 4.54. The first-order valence-electron chi connectivity index (χ1n) is 15.5. The van der Waals surface area contributed by atoms with E-state index >= 15 is 0 Å². The van der Waals surface area contributed by atoms with Gasteiger partial charge in [0.2, 0.25) is 23.6 Å². The molecule has 0 bridgehead atoms. The number of nitrogens with two attached hydrogens (primary N) is 1. The Morgan fingerprint density at radius 2 is 1.50 bits per heavy atom. The van der Waals surface area contributed by atoms with Crippen molar-refractivity contribution in [3.8, 4) is 0 Å². The van der Waals surface area contributed by atoms with Gasteiger partial charge in [-0.25, -0.2) is 0 Å². The molecule has 254 valence electrons. The summed E-state index contributed by atoms with van der Waals surface area (Å²) >= 11 is 0. The van der Waals surface area contributed by atoms with Gasteiger partial charge in [-0.1, -0.05) is 46.8 Å². The van der Waals surface area contributed by atoms with Gasteiger partial charge in [0.15, 0.2) is 8.32 Å². The maximum atomic E-state index is 13.0. The van der Waals surface area contributed by atoms with Crippen molar-refractivity contribution >= 4 is 49.4 Å². The number of hydrogen-bond donors (Lipinski definition) is 5. The van der Waals surface area contributed by atoms with Gasteiger partial charge in [0.05, 0.1) is 12.6 Å². The molecule has 1 aliphatic heterocycles. The molecule has 14 heteroatoms. The zero-order chi connectivity index (χ0) is 34.8. The first-order chi connectivity index (χ1) is 21.3. The van der Waals surface area contributed by atoms with Crippen LogP contribution >= 0.6 is 0 Å². The Morgan fingerprint density at radius 3 is 2.04 bits per heavy atom. The van der Waals surface area contributed by atoms with E-state index in [9.17, 15) is 28.8 Å². The highest BCUT2D eigenvalue weighted by Crippen LogP contribution is 2.37. The van der Waals surface area contributed by atoms with Crippen molar-refractivity contribution in [1.29, 1.82) is 0 Å². The predicted molar refractivity (Wildman–Crippen MR) is 178 cm³/mol. The van der Waals surface area contributed by atoms with Gasteiger partial charge in [-0.15, -0.1) is 0 Å². The van der Waals surface area contributed by atoms with Crippen LogP contribution in [-0.2, 0) is 39.8 Å². The van der Waals surface area contributed by atoms with E-state index in [4.69, 9.17) is 10.2 Å². The lowest BCUT2D eigenvalue weighted by Crippen LogP contribution is -2.54. The third-order valence-corrected chi connectivity index (χ3v) is 12.7. The molecule has 1 aromatic carbocycles. The molecule has 3 atom stereocenters. The molecule has 1 aliphatic rings. The van der Waals surface area contributed by atoms with Gasteiger partial charge in [-0.05, 0) is 55.1 Å². The van der Waals surface area contributed by atoms with E-state index in [2.05, 4.69) is 55.1 Å². The highest BCUT2D eigenvalue weighted by atomic mass is 28.4. The number of anilines is 1. The zero-order valence-corrected chi connectivity index (χ0v) is 29.2. The van der Waals surface area contributed by atoms with Crippen LogP contribution in [0.1, 0.15) is 59.9 Å². The predicted octanol–water partition coefficient (Wildman–Crippen LogP) is 1.94. The molecule has 1 heterocycles. The van der Waals surface area contributed by atoms with Crippen LogP contribution in [0.15, 0.2) is 36.4 Å². The number of amides is 6. The molecule has 0 aromatic heterocycles. The Bertz CT molecular complexity index is 1290. The van der Waals surface area contributed by atoms with Crippen molar-refractivity contribution in [2.45, 2.75) is 97.2 Å². The number of rotatable bonds is 16. The largest absolute Gasteiger partial charge is 0.413 e. The molecule has 0 radical (unpaired) electrons. The Balaban J connectivity index is 1.79. The monoisotopic (exact) mass is 658 g/mol. The molecule has 0 unspecified atom stereocenters. The van der Waals surface area contributed by atoms with Crippen LogP contribution in [0.2, 0.25) is 18.1 Å². The highest BCUT2D eigenvalue weighted by molar-refractivity contribution is 6.74. The molecule has 46 heavy (non-hydrogen) atoms. The Kier molecular flexibility index (Phi) is 13.8. The van der Waals surface area contributed by atoms with Crippen LogP contribution in [0.5, 0.6) is 0 Å². The molecule has 0 saturated carbocycles. The second-order valence-electron chi connectivity index (χ2n) is 13.4. The lowest BCUT2D eigenvalue weighted by atomic mass is 10.0. The third kappa shape index (κ3) is 11.5. The fourth-order valence-corrected chi connectivity index (χ4v) is 5.02. The van der Waals surface area contributed by atoms with Gasteiger partial charge >= 0.3 is 0 Å². The topological polar surface area (TPSA) is 189 Å². The average Bonchev–Trinajstić information content (AvgIpc) is 3.29. The van der Waals surface area contributed by atoms with Crippen LogP contribution in [0.4, 0.5) is 5.69 Å². The minimum atomic E-state index is -1.89. The van der Waals surface area contributed by atoms with Gasteiger partial charge in [0, 0.05) is 37.3 Å². The first kappa shape index (κ1) is 38.3. The number of imide groups is 1. The molecule has 0 saturated heterocycles. The molecule has 6 amide bonds. The lowest BCUT2D eigenvalue weighted by molar-refractivity contribution is -0.137. The van der Waals surface area contributed by atoms with Crippen LogP contribution in [0.25, 0.3) is 0 Å². The molecule has 0 spiro atoms. The van der Waals surface area contributed by atoms with E-state index in [1.807, 2.05) is 12.1 Å². The number of carbonyl (C=O) groups excluding carboxylic acids is 6. The third-order valence-electron chi connectivity index (χ3n) is 8.20. The van der Waals surface area contributed by atoms with Crippen LogP contribution in [-0.4, -0.2) is 79.9 Å². The Labute approximate surface area is 272 Å². The molecule has 0 fully saturated rings.